The van der Waals surface area contributed by atoms with E-state index in [4.69, 9.17) is 9.15 Å². The van der Waals surface area contributed by atoms with Crippen molar-refractivity contribution in [3.63, 3.8) is 0 Å². The largest absolute Gasteiger partial charge is 0.477 e. The van der Waals surface area contributed by atoms with Gasteiger partial charge in [-0.2, -0.15) is 0 Å². The average Bonchev–Trinajstić information content (AvgIpc) is 3.23. The molecule has 27 heavy (non-hydrogen) atoms. The molecule has 0 aliphatic rings. The molecule has 4 rings (SSSR count). The van der Waals surface area contributed by atoms with E-state index in [-0.39, 0.29) is 0 Å². The molecule has 0 aliphatic heterocycles. The molecule has 0 saturated carbocycles. The van der Waals surface area contributed by atoms with Gasteiger partial charge in [0.1, 0.15) is 11.3 Å². The Hall–Kier alpha value is -2.82. The third-order valence-electron chi connectivity index (χ3n) is 4.59. The van der Waals surface area contributed by atoms with Crippen molar-refractivity contribution in [1.82, 2.24) is 14.6 Å². The van der Waals surface area contributed by atoms with Gasteiger partial charge < -0.3 is 9.15 Å². The maximum atomic E-state index is 5.96. The maximum Gasteiger partial charge on any atom is 0.231 e. The van der Waals surface area contributed by atoms with Gasteiger partial charge in [0.25, 0.3) is 0 Å². The van der Waals surface area contributed by atoms with Gasteiger partial charge in [0, 0.05) is 11.5 Å². The Kier molecular flexibility index (Phi) is 4.60. The second-order valence-corrected chi connectivity index (χ2v) is 8.10. The molecule has 4 aromatic rings. The lowest BCUT2D eigenvalue weighted by Gasteiger charge is -2.17. The molecule has 0 fully saturated rings. The molecule has 0 radical (unpaired) electrons. The Bertz CT molecular complexity index is 1020. The van der Waals surface area contributed by atoms with Crippen LogP contribution in [0.25, 0.3) is 28.1 Å². The van der Waals surface area contributed by atoms with E-state index in [0.717, 1.165) is 40.9 Å². The van der Waals surface area contributed by atoms with Crippen LogP contribution in [-0.4, -0.2) is 21.2 Å². The highest BCUT2D eigenvalue weighted by atomic mass is 16.5. The first kappa shape index (κ1) is 17.6. The second kappa shape index (κ2) is 7.06. The van der Waals surface area contributed by atoms with E-state index in [0.29, 0.717) is 17.9 Å². The number of aromatic nitrogens is 3. The number of hydrogen-bond donors (Lipinski definition) is 0. The fourth-order valence-electron chi connectivity index (χ4n) is 3.14. The number of hydrogen-bond acceptors (Lipinski definition) is 4. The topological polar surface area (TPSA) is 52.6 Å². The van der Waals surface area contributed by atoms with Gasteiger partial charge in [-0.15, -0.1) is 5.10 Å². The van der Waals surface area contributed by atoms with E-state index in [9.17, 15) is 0 Å². The summed E-state index contributed by atoms with van der Waals surface area (Å²) in [5.41, 5.74) is 2.81. The molecular weight excluding hydrogens is 338 g/mol. The molecular formula is C22H25N3O2. The van der Waals surface area contributed by atoms with Crippen molar-refractivity contribution in [1.29, 1.82) is 0 Å². The van der Waals surface area contributed by atoms with Gasteiger partial charge in [-0.1, -0.05) is 39.0 Å². The number of ether oxygens (including phenoxy) is 1. The molecule has 0 atom stereocenters. The quantitative estimate of drug-likeness (QED) is 0.410. The highest BCUT2D eigenvalue weighted by molar-refractivity contribution is 5.82. The van der Waals surface area contributed by atoms with Crippen LogP contribution in [0.4, 0.5) is 0 Å². The molecule has 5 nitrogen and oxygen atoms in total. The van der Waals surface area contributed by atoms with E-state index in [1.807, 2.05) is 42.5 Å². The summed E-state index contributed by atoms with van der Waals surface area (Å²) in [5.74, 6) is 1.35. The number of benzene rings is 1. The van der Waals surface area contributed by atoms with Crippen LogP contribution in [0.2, 0.25) is 0 Å². The van der Waals surface area contributed by atoms with Crippen molar-refractivity contribution >= 4 is 16.6 Å². The molecule has 0 spiro atoms. The van der Waals surface area contributed by atoms with Gasteiger partial charge >= 0.3 is 0 Å². The molecule has 0 bridgehead atoms. The van der Waals surface area contributed by atoms with E-state index in [2.05, 4.69) is 30.9 Å². The Morgan fingerprint density at radius 2 is 1.93 bits per heavy atom. The fraction of sp³-hybridized carbons (Fsp3) is 0.364. The standard InChI is InChI=1S/C22H25N3O2/c1-22(2,3)12-6-7-13-26-21-11-10-20-23-15-17(25(20)24-21)19-14-16-8-4-5-9-18(16)27-19/h4-5,8-11,14-15H,6-7,12-13H2,1-3H3. The van der Waals surface area contributed by atoms with Gasteiger partial charge in [0.05, 0.1) is 12.8 Å². The van der Waals surface area contributed by atoms with Crippen LogP contribution in [0.5, 0.6) is 5.88 Å². The van der Waals surface area contributed by atoms with Crippen LogP contribution in [-0.2, 0) is 0 Å². The summed E-state index contributed by atoms with van der Waals surface area (Å²) in [6.07, 6.45) is 5.16. The monoisotopic (exact) mass is 363 g/mol. The number of unbranched alkanes of at least 4 members (excludes halogenated alkanes) is 1. The zero-order valence-electron chi connectivity index (χ0n) is 16.1. The van der Waals surface area contributed by atoms with Crippen molar-refractivity contribution in [2.45, 2.75) is 40.0 Å². The fourth-order valence-corrected chi connectivity index (χ4v) is 3.14. The second-order valence-electron chi connectivity index (χ2n) is 8.10. The number of furan rings is 1. The molecule has 1 aromatic carbocycles. The first-order chi connectivity index (χ1) is 13.0. The van der Waals surface area contributed by atoms with Gasteiger partial charge in [-0.25, -0.2) is 9.50 Å². The summed E-state index contributed by atoms with van der Waals surface area (Å²) in [5, 5.41) is 5.66. The predicted octanol–water partition coefficient (Wildman–Crippen LogP) is 5.74. The van der Waals surface area contributed by atoms with Crippen LogP contribution in [0.1, 0.15) is 40.0 Å². The smallest absolute Gasteiger partial charge is 0.231 e. The Morgan fingerprint density at radius 3 is 2.74 bits per heavy atom. The molecule has 0 amide bonds. The van der Waals surface area contributed by atoms with Gasteiger partial charge in [0.2, 0.25) is 5.88 Å². The van der Waals surface area contributed by atoms with Crippen LogP contribution in [0, 0.1) is 5.41 Å². The molecule has 0 unspecified atom stereocenters. The molecule has 0 aliphatic carbocycles. The van der Waals surface area contributed by atoms with Gasteiger partial charge in [-0.05, 0) is 42.9 Å². The number of rotatable bonds is 6. The van der Waals surface area contributed by atoms with Crippen molar-refractivity contribution in [2.24, 2.45) is 5.41 Å². The molecule has 140 valence electrons. The van der Waals surface area contributed by atoms with Gasteiger partial charge in [-0.3, -0.25) is 0 Å². The van der Waals surface area contributed by atoms with Crippen LogP contribution in [0.3, 0.4) is 0 Å². The normalized spacial score (nSPS) is 12.1. The minimum atomic E-state index is 0.370. The van der Waals surface area contributed by atoms with Crippen LogP contribution in [0.15, 0.2) is 53.1 Å². The average molecular weight is 363 g/mol. The summed E-state index contributed by atoms with van der Waals surface area (Å²) >= 11 is 0. The first-order valence-corrected chi connectivity index (χ1v) is 9.46. The lowest BCUT2D eigenvalue weighted by atomic mass is 9.90. The summed E-state index contributed by atoms with van der Waals surface area (Å²) in [6.45, 7) is 7.47. The summed E-state index contributed by atoms with van der Waals surface area (Å²) in [6, 6.07) is 13.8. The lowest BCUT2D eigenvalue weighted by Crippen LogP contribution is -2.07. The number of fused-ring (bicyclic) bond motifs is 2. The van der Waals surface area contributed by atoms with Crippen molar-refractivity contribution in [3.05, 3.63) is 48.7 Å². The van der Waals surface area contributed by atoms with Crippen LogP contribution < -0.4 is 4.74 Å². The molecule has 3 aromatic heterocycles. The summed E-state index contributed by atoms with van der Waals surface area (Å²) < 4.78 is 13.6. The van der Waals surface area contributed by atoms with Crippen LogP contribution >= 0.6 is 0 Å². The third-order valence-corrected chi connectivity index (χ3v) is 4.59. The molecule has 3 heterocycles. The molecule has 0 saturated heterocycles. The van der Waals surface area contributed by atoms with E-state index in [1.54, 1.807) is 10.7 Å². The molecule has 0 N–H and O–H groups in total. The van der Waals surface area contributed by atoms with E-state index >= 15 is 0 Å². The number of para-hydroxylation sites is 1. The maximum absolute atomic E-state index is 5.96. The van der Waals surface area contributed by atoms with Gasteiger partial charge in [0.15, 0.2) is 11.4 Å². The van der Waals surface area contributed by atoms with E-state index < -0.39 is 0 Å². The van der Waals surface area contributed by atoms with Crippen molar-refractivity contribution in [2.75, 3.05) is 6.61 Å². The Balaban J connectivity index is 1.51. The minimum Gasteiger partial charge on any atom is -0.477 e. The minimum absolute atomic E-state index is 0.370. The zero-order valence-corrected chi connectivity index (χ0v) is 16.1. The third kappa shape index (κ3) is 3.97. The first-order valence-electron chi connectivity index (χ1n) is 9.46. The van der Waals surface area contributed by atoms with Crippen molar-refractivity contribution in [3.8, 4) is 17.3 Å². The zero-order chi connectivity index (χ0) is 18.9. The summed E-state index contributed by atoms with van der Waals surface area (Å²) in [7, 11) is 0. The Labute approximate surface area is 159 Å². The Morgan fingerprint density at radius 1 is 1.07 bits per heavy atom. The molecule has 5 heteroatoms. The highest BCUT2D eigenvalue weighted by Gasteiger charge is 2.13. The van der Waals surface area contributed by atoms with Crippen molar-refractivity contribution < 1.29 is 9.15 Å². The lowest BCUT2D eigenvalue weighted by molar-refractivity contribution is 0.274. The highest BCUT2D eigenvalue weighted by Crippen LogP contribution is 2.28. The summed E-state index contributed by atoms with van der Waals surface area (Å²) in [4.78, 5) is 4.43. The number of nitrogens with zero attached hydrogens (tertiary/aromatic N) is 3. The SMILES string of the molecule is CC(C)(C)CCCCOc1ccc2ncc(-c3cc4ccccc4o3)n2n1. The van der Waals surface area contributed by atoms with E-state index in [1.165, 1.54) is 6.42 Å². The predicted molar refractivity (Wildman–Crippen MR) is 107 cm³/mol. The number of imidazole rings is 1.